The number of carbonyl (C=O) groups excluding carboxylic acids is 2. The Balaban J connectivity index is 2.25. The number of esters is 1. The maximum Gasteiger partial charge on any atom is 0.573 e. The van der Waals surface area contributed by atoms with Gasteiger partial charge in [0.25, 0.3) is 5.91 Å². The van der Waals surface area contributed by atoms with Crippen LogP contribution < -0.4 is 10.1 Å². The molecule has 0 atom stereocenters. The second-order valence-corrected chi connectivity index (χ2v) is 5.59. The number of methoxy groups -OCH3 is 1. The fourth-order valence-corrected chi connectivity index (χ4v) is 2.41. The van der Waals surface area contributed by atoms with Crippen molar-refractivity contribution in [2.24, 2.45) is 10.2 Å². The van der Waals surface area contributed by atoms with Crippen molar-refractivity contribution in [3.05, 3.63) is 40.3 Å². The summed E-state index contributed by atoms with van der Waals surface area (Å²) in [6.07, 6.45) is -3.89. The molecule has 13 heteroatoms. The smallest absolute Gasteiger partial charge is 0.466 e. The van der Waals surface area contributed by atoms with Crippen LogP contribution in [0.5, 0.6) is 5.75 Å². The summed E-state index contributed by atoms with van der Waals surface area (Å²) in [6, 6.07) is 1.03. The number of nitrogens with one attached hydrogen (secondary N) is 1. The summed E-state index contributed by atoms with van der Waals surface area (Å²) in [4.78, 5) is 22.6. The number of thioether (sulfide) groups is 1. The average molecular weight is 409 g/mol. The molecule has 0 aliphatic carbocycles. The predicted octanol–water partition coefficient (Wildman–Crippen LogP) is 2.47. The van der Waals surface area contributed by atoms with E-state index in [1.54, 1.807) is 0 Å². The van der Waals surface area contributed by atoms with E-state index in [9.17, 15) is 31.5 Å². The summed E-state index contributed by atoms with van der Waals surface area (Å²) in [7, 11) is 1.10. The highest BCUT2D eigenvalue weighted by atomic mass is 32.2. The van der Waals surface area contributed by atoms with Crippen LogP contribution in [0.25, 0.3) is 0 Å². The molecule has 1 fully saturated rings. The van der Waals surface area contributed by atoms with E-state index in [1.165, 1.54) is 0 Å². The number of amidine groups is 1. The molecule has 7 nitrogen and oxygen atoms in total. The number of benzene rings is 1. The van der Waals surface area contributed by atoms with Crippen LogP contribution in [0.4, 0.5) is 22.0 Å². The molecule has 0 spiro atoms. The Morgan fingerprint density at radius 1 is 1.26 bits per heavy atom. The number of halogens is 5. The summed E-state index contributed by atoms with van der Waals surface area (Å²) in [5, 5.41) is 8.83. The van der Waals surface area contributed by atoms with E-state index in [-0.39, 0.29) is 10.1 Å². The zero-order valence-corrected chi connectivity index (χ0v) is 14.0. The minimum atomic E-state index is -5.26. The molecule has 1 heterocycles. The summed E-state index contributed by atoms with van der Waals surface area (Å²) in [5.41, 5.74) is -0.934. The maximum absolute atomic E-state index is 13.7. The van der Waals surface area contributed by atoms with Gasteiger partial charge in [-0.1, -0.05) is 0 Å². The lowest BCUT2D eigenvalue weighted by Gasteiger charge is -2.12. The number of ether oxygens (including phenoxy) is 2. The molecule has 0 radical (unpaired) electrons. The van der Waals surface area contributed by atoms with Gasteiger partial charge in [-0.15, -0.1) is 18.3 Å². The molecule has 0 unspecified atom stereocenters. The first-order valence-electron chi connectivity index (χ1n) is 6.74. The number of hydrogen-bond donors (Lipinski definition) is 1. The molecule has 1 aromatic rings. The van der Waals surface area contributed by atoms with Crippen molar-refractivity contribution in [3.63, 3.8) is 0 Å². The molecular formula is C14H8F5N3O4S. The molecule has 1 aromatic carbocycles. The van der Waals surface area contributed by atoms with Crippen LogP contribution in [0.15, 0.2) is 33.3 Å². The highest BCUT2D eigenvalue weighted by Crippen LogP contribution is 2.30. The number of rotatable bonds is 4. The van der Waals surface area contributed by atoms with E-state index in [0.717, 1.165) is 13.2 Å². The van der Waals surface area contributed by atoms with E-state index in [0.29, 0.717) is 30.1 Å². The SMILES string of the molecule is COC(=O)/C=C1/S/C(=N\N=Cc2c(F)ccc(F)c2OC(F)(F)F)NC1=O. The standard InChI is InChI=1S/C14H8F5N3O4S/c1-25-10(23)4-9-12(24)21-13(27-9)22-20-5-6-7(15)2-3-8(16)11(6)26-14(17,18)19/h2-5H,1H3,(H,21,22,24)/b9-4+,20-5?. The van der Waals surface area contributed by atoms with E-state index < -0.39 is 41.2 Å². The summed E-state index contributed by atoms with van der Waals surface area (Å²) in [6.45, 7) is 0. The van der Waals surface area contributed by atoms with E-state index in [2.05, 4.69) is 25.0 Å². The first kappa shape index (κ1) is 20.4. The third-order valence-corrected chi connectivity index (χ3v) is 3.65. The fraction of sp³-hybridized carbons (Fsp3) is 0.143. The van der Waals surface area contributed by atoms with E-state index >= 15 is 0 Å². The predicted molar refractivity (Wildman–Crippen MR) is 83.9 cm³/mol. The molecule has 1 amide bonds. The van der Waals surface area contributed by atoms with Crippen LogP contribution in [0, 0.1) is 11.6 Å². The maximum atomic E-state index is 13.7. The Morgan fingerprint density at radius 2 is 1.93 bits per heavy atom. The number of nitrogens with zero attached hydrogens (tertiary/aromatic N) is 2. The summed E-state index contributed by atoms with van der Waals surface area (Å²) in [5.74, 6) is -5.62. The highest BCUT2D eigenvalue weighted by molar-refractivity contribution is 8.18. The molecule has 1 N–H and O–H groups in total. The van der Waals surface area contributed by atoms with Crippen LogP contribution in [-0.2, 0) is 14.3 Å². The van der Waals surface area contributed by atoms with E-state index in [1.807, 2.05) is 0 Å². The van der Waals surface area contributed by atoms with E-state index in [4.69, 9.17) is 0 Å². The van der Waals surface area contributed by atoms with Crippen LogP contribution >= 0.6 is 11.8 Å². The molecule has 1 aliphatic heterocycles. The van der Waals surface area contributed by atoms with Crippen molar-refractivity contribution in [3.8, 4) is 5.75 Å². The molecule has 144 valence electrons. The second kappa shape index (κ2) is 8.16. The van der Waals surface area contributed by atoms with Crippen LogP contribution in [0.3, 0.4) is 0 Å². The van der Waals surface area contributed by atoms with Gasteiger partial charge in [-0.3, -0.25) is 10.1 Å². The molecule has 2 rings (SSSR count). The Morgan fingerprint density at radius 3 is 2.56 bits per heavy atom. The zero-order valence-electron chi connectivity index (χ0n) is 13.1. The minimum Gasteiger partial charge on any atom is -0.466 e. The fourth-order valence-electron chi connectivity index (χ4n) is 1.67. The van der Waals surface area contributed by atoms with Gasteiger partial charge in [0, 0.05) is 6.08 Å². The monoisotopic (exact) mass is 409 g/mol. The molecule has 1 saturated heterocycles. The molecule has 1 aliphatic rings. The topological polar surface area (TPSA) is 89.3 Å². The van der Waals surface area contributed by atoms with Gasteiger partial charge in [-0.2, -0.15) is 5.10 Å². The molecule has 0 aromatic heterocycles. The van der Waals surface area contributed by atoms with Crippen molar-refractivity contribution in [1.82, 2.24) is 5.32 Å². The second-order valence-electron chi connectivity index (χ2n) is 4.56. The number of amides is 1. The van der Waals surface area contributed by atoms with Crippen molar-refractivity contribution < 1.29 is 41.0 Å². The van der Waals surface area contributed by atoms with Gasteiger partial charge in [0.05, 0.1) is 23.8 Å². The van der Waals surface area contributed by atoms with Gasteiger partial charge in [-0.05, 0) is 23.9 Å². The summed E-state index contributed by atoms with van der Waals surface area (Å²) >= 11 is 0.676. The van der Waals surface area contributed by atoms with Crippen LogP contribution in [-0.4, -0.2) is 36.7 Å². The van der Waals surface area contributed by atoms with Gasteiger partial charge >= 0.3 is 12.3 Å². The lowest BCUT2D eigenvalue weighted by atomic mass is 10.2. The first-order chi connectivity index (χ1) is 12.6. The zero-order chi connectivity index (χ0) is 20.2. The lowest BCUT2D eigenvalue weighted by molar-refractivity contribution is -0.275. The molecule has 0 saturated carbocycles. The molecule has 27 heavy (non-hydrogen) atoms. The average Bonchev–Trinajstić information content (AvgIpc) is 2.92. The molecule has 0 bridgehead atoms. The normalized spacial score (nSPS) is 17.6. The van der Waals surface area contributed by atoms with Gasteiger partial charge in [0.2, 0.25) is 0 Å². The third kappa shape index (κ3) is 5.51. The summed E-state index contributed by atoms with van der Waals surface area (Å²) < 4.78 is 72.1. The first-order valence-corrected chi connectivity index (χ1v) is 7.56. The Kier molecular flexibility index (Phi) is 6.15. The third-order valence-electron chi connectivity index (χ3n) is 2.75. The lowest BCUT2D eigenvalue weighted by Crippen LogP contribution is -2.20. The van der Waals surface area contributed by atoms with Crippen molar-refractivity contribution in [2.45, 2.75) is 6.36 Å². The van der Waals surface area contributed by atoms with Crippen LogP contribution in [0.1, 0.15) is 5.56 Å². The van der Waals surface area contributed by atoms with Gasteiger partial charge in [-0.25, -0.2) is 13.6 Å². The van der Waals surface area contributed by atoms with Gasteiger partial charge < -0.3 is 9.47 Å². The Labute approximate surface area is 151 Å². The number of hydrogen-bond acceptors (Lipinski definition) is 7. The van der Waals surface area contributed by atoms with Crippen molar-refractivity contribution in [1.29, 1.82) is 0 Å². The highest BCUT2D eigenvalue weighted by Gasteiger charge is 2.34. The minimum absolute atomic E-state index is 0.0752. The number of alkyl halides is 3. The quantitative estimate of drug-likeness (QED) is 0.271. The van der Waals surface area contributed by atoms with Crippen molar-refractivity contribution >= 4 is 35.0 Å². The van der Waals surface area contributed by atoms with Crippen LogP contribution in [0.2, 0.25) is 0 Å². The van der Waals surface area contributed by atoms with Gasteiger partial charge in [0.1, 0.15) is 5.82 Å². The van der Waals surface area contributed by atoms with Crippen molar-refractivity contribution in [2.75, 3.05) is 7.11 Å². The Hall–Kier alpha value is -2.96. The van der Waals surface area contributed by atoms with Gasteiger partial charge in [0.15, 0.2) is 16.7 Å². The Bertz CT molecular complexity index is 867. The number of carbonyl (C=O) groups is 2. The largest absolute Gasteiger partial charge is 0.573 e. The molecular weight excluding hydrogens is 401 g/mol.